The SMILES string of the molecule is Cc1ccc(OCc2nc(C)c(C(=O)N3CCCC(C)C3)s2)cn1. The first-order chi connectivity index (χ1) is 11.5. The van der Waals surface area contributed by atoms with Crippen molar-refractivity contribution in [3.8, 4) is 5.75 Å². The predicted octanol–water partition coefficient (Wildman–Crippen LogP) is 3.61. The van der Waals surface area contributed by atoms with Gasteiger partial charge in [-0.3, -0.25) is 9.78 Å². The molecule has 3 heterocycles. The van der Waals surface area contributed by atoms with Crippen molar-refractivity contribution in [1.82, 2.24) is 14.9 Å². The molecular formula is C18H23N3O2S. The fourth-order valence-corrected chi connectivity index (χ4v) is 3.86. The number of aryl methyl sites for hydroxylation is 2. The van der Waals surface area contributed by atoms with Crippen LogP contribution in [0.2, 0.25) is 0 Å². The molecule has 0 aliphatic carbocycles. The van der Waals surface area contributed by atoms with Gasteiger partial charge in [0, 0.05) is 18.8 Å². The lowest BCUT2D eigenvalue weighted by Gasteiger charge is -2.30. The van der Waals surface area contributed by atoms with E-state index in [1.54, 1.807) is 6.20 Å². The van der Waals surface area contributed by atoms with Crippen molar-refractivity contribution < 1.29 is 9.53 Å². The van der Waals surface area contributed by atoms with E-state index in [1.165, 1.54) is 17.8 Å². The second-order valence-electron chi connectivity index (χ2n) is 6.44. The molecule has 1 fully saturated rings. The van der Waals surface area contributed by atoms with Crippen LogP contribution in [-0.4, -0.2) is 33.9 Å². The third kappa shape index (κ3) is 3.93. The van der Waals surface area contributed by atoms with Crippen LogP contribution in [0, 0.1) is 19.8 Å². The zero-order valence-corrected chi connectivity index (χ0v) is 15.2. The van der Waals surface area contributed by atoms with E-state index < -0.39 is 0 Å². The number of pyridine rings is 1. The van der Waals surface area contributed by atoms with Gasteiger partial charge in [-0.2, -0.15) is 0 Å². The molecule has 1 aliphatic heterocycles. The van der Waals surface area contributed by atoms with Gasteiger partial charge in [-0.1, -0.05) is 6.92 Å². The van der Waals surface area contributed by atoms with Crippen LogP contribution in [0.15, 0.2) is 18.3 Å². The molecule has 1 atom stereocenters. The van der Waals surface area contributed by atoms with Gasteiger partial charge < -0.3 is 9.64 Å². The number of likely N-dealkylation sites (tertiary alicyclic amines) is 1. The summed E-state index contributed by atoms with van der Waals surface area (Å²) in [4.78, 5) is 24.2. The van der Waals surface area contributed by atoms with Crippen molar-refractivity contribution in [2.24, 2.45) is 5.92 Å². The first kappa shape index (κ1) is 16.9. The molecule has 2 aromatic heterocycles. The highest BCUT2D eigenvalue weighted by Gasteiger charge is 2.25. The van der Waals surface area contributed by atoms with Crippen molar-refractivity contribution in [3.63, 3.8) is 0 Å². The van der Waals surface area contributed by atoms with Crippen molar-refractivity contribution in [1.29, 1.82) is 0 Å². The highest BCUT2D eigenvalue weighted by Crippen LogP contribution is 2.24. The maximum atomic E-state index is 12.7. The smallest absolute Gasteiger partial charge is 0.265 e. The second-order valence-corrected chi connectivity index (χ2v) is 7.53. The fraction of sp³-hybridized carbons (Fsp3) is 0.500. The highest BCUT2D eigenvalue weighted by molar-refractivity contribution is 7.13. The Hall–Kier alpha value is -1.95. The number of carbonyl (C=O) groups excluding carboxylic acids is 1. The molecule has 0 aromatic carbocycles. The fourth-order valence-electron chi connectivity index (χ4n) is 2.91. The molecule has 1 unspecified atom stereocenters. The Kier molecular flexibility index (Phi) is 5.14. The van der Waals surface area contributed by atoms with Crippen molar-refractivity contribution in [2.75, 3.05) is 13.1 Å². The molecule has 6 heteroatoms. The quantitative estimate of drug-likeness (QED) is 0.849. The molecule has 1 aliphatic rings. The first-order valence-corrected chi connectivity index (χ1v) is 9.15. The molecule has 0 N–H and O–H groups in total. The largest absolute Gasteiger partial charge is 0.485 e. The first-order valence-electron chi connectivity index (χ1n) is 8.34. The van der Waals surface area contributed by atoms with E-state index in [4.69, 9.17) is 4.74 Å². The van der Waals surface area contributed by atoms with Crippen LogP contribution in [-0.2, 0) is 6.61 Å². The molecule has 2 aromatic rings. The lowest BCUT2D eigenvalue weighted by atomic mass is 10.0. The normalized spacial score (nSPS) is 17.8. The van der Waals surface area contributed by atoms with Gasteiger partial charge in [0.2, 0.25) is 0 Å². The van der Waals surface area contributed by atoms with E-state index >= 15 is 0 Å². The van der Waals surface area contributed by atoms with Gasteiger partial charge >= 0.3 is 0 Å². The van der Waals surface area contributed by atoms with Crippen LogP contribution in [0.3, 0.4) is 0 Å². The molecule has 5 nitrogen and oxygen atoms in total. The summed E-state index contributed by atoms with van der Waals surface area (Å²) >= 11 is 1.44. The number of nitrogens with zero attached hydrogens (tertiary/aromatic N) is 3. The van der Waals surface area contributed by atoms with Gasteiger partial charge in [0.1, 0.15) is 22.2 Å². The Labute approximate surface area is 146 Å². The zero-order chi connectivity index (χ0) is 17.1. The lowest BCUT2D eigenvalue weighted by Crippen LogP contribution is -2.39. The van der Waals surface area contributed by atoms with Crippen LogP contribution in [0.25, 0.3) is 0 Å². The topological polar surface area (TPSA) is 55.3 Å². The number of carbonyl (C=O) groups is 1. The zero-order valence-electron chi connectivity index (χ0n) is 14.4. The number of aromatic nitrogens is 2. The Bertz CT molecular complexity index is 712. The lowest BCUT2D eigenvalue weighted by molar-refractivity contribution is 0.0687. The number of ether oxygens (including phenoxy) is 1. The highest BCUT2D eigenvalue weighted by atomic mass is 32.1. The van der Waals surface area contributed by atoms with E-state index in [9.17, 15) is 4.79 Å². The second kappa shape index (κ2) is 7.30. The molecular weight excluding hydrogens is 322 g/mol. The predicted molar refractivity (Wildman–Crippen MR) is 94.5 cm³/mol. The Morgan fingerprint density at radius 3 is 2.96 bits per heavy atom. The Balaban J connectivity index is 1.66. The molecule has 0 spiro atoms. The number of piperidine rings is 1. The summed E-state index contributed by atoms with van der Waals surface area (Å²) in [7, 11) is 0. The maximum Gasteiger partial charge on any atom is 0.265 e. The molecule has 0 radical (unpaired) electrons. The molecule has 1 amide bonds. The van der Waals surface area contributed by atoms with Gasteiger partial charge in [-0.25, -0.2) is 4.98 Å². The van der Waals surface area contributed by atoms with Crippen LogP contribution < -0.4 is 4.74 Å². The molecule has 24 heavy (non-hydrogen) atoms. The van der Waals surface area contributed by atoms with E-state index in [1.807, 2.05) is 30.9 Å². The minimum Gasteiger partial charge on any atom is -0.485 e. The minimum absolute atomic E-state index is 0.111. The van der Waals surface area contributed by atoms with E-state index in [0.29, 0.717) is 18.3 Å². The van der Waals surface area contributed by atoms with Gasteiger partial charge in [-0.05, 0) is 44.7 Å². The molecule has 1 saturated heterocycles. The Morgan fingerprint density at radius 2 is 2.25 bits per heavy atom. The number of hydrogen-bond acceptors (Lipinski definition) is 5. The summed E-state index contributed by atoms with van der Waals surface area (Å²) in [6.07, 6.45) is 3.99. The molecule has 0 saturated carbocycles. The summed E-state index contributed by atoms with van der Waals surface area (Å²) in [5.41, 5.74) is 1.75. The van der Waals surface area contributed by atoms with E-state index in [0.717, 1.165) is 40.8 Å². The molecule has 0 bridgehead atoms. The summed E-state index contributed by atoms with van der Waals surface area (Å²) in [5.74, 6) is 1.40. The van der Waals surface area contributed by atoms with Crippen molar-refractivity contribution in [2.45, 2.75) is 40.2 Å². The third-order valence-electron chi connectivity index (χ3n) is 4.23. The number of rotatable bonds is 4. The number of amides is 1. The monoisotopic (exact) mass is 345 g/mol. The van der Waals surface area contributed by atoms with Crippen LogP contribution in [0.4, 0.5) is 0 Å². The van der Waals surface area contributed by atoms with Crippen molar-refractivity contribution in [3.05, 3.63) is 39.6 Å². The third-order valence-corrected chi connectivity index (χ3v) is 5.34. The Morgan fingerprint density at radius 1 is 1.42 bits per heavy atom. The number of thiazole rings is 1. The number of hydrogen-bond donors (Lipinski definition) is 0. The average Bonchev–Trinajstić information content (AvgIpc) is 2.94. The van der Waals surface area contributed by atoms with Crippen LogP contribution in [0.5, 0.6) is 5.75 Å². The summed E-state index contributed by atoms with van der Waals surface area (Å²) in [6.45, 7) is 8.09. The average molecular weight is 345 g/mol. The van der Waals surface area contributed by atoms with Gasteiger partial charge in [-0.15, -0.1) is 11.3 Å². The van der Waals surface area contributed by atoms with Gasteiger partial charge in [0.25, 0.3) is 5.91 Å². The summed E-state index contributed by atoms with van der Waals surface area (Å²) < 4.78 is 5.72. The van der Waals surface area contributed by atoms with E-state index in [-0.39, 0.29) is 5.91 Å². The van der Waals surface area contributed by atoms with Crippen LogP contribution in [0.1, 0.15) is 45.8 Å². The van der Waals surface area contributed by atoms with Gasteiger partial charge in [0.15, 0.2) is 0 Å². The van der Waals surface area contributed by atoms with E-state index in [2.05, 4.69) is 16.9 Å². The summed E-state index contributed by atoms with van der Waals surface area (Å²) in [5, 5.41) is 0.821. The van der Waals surface area contributed by atoms with Crippen molar-refractivity contribution >= 4 is 17.2 Å². The van der Waals surface area contributed by atoms with Gasteiger partial charge in [0.05, 0.1) is 11.9 Å². The minimum atomic E-state index is 0.111. The van der Waals surface area contributed by atoms with Crippen LogP contribution >= 0.6 is 11.3 Å². The standard InChI is InChI=1S/C18H23N3O2S/c1-12-5-4-8-21(10-12)18(22)17-14(3)20-16(24-17)11-23-15-7-6-13(2)19-9-15/h6-7,9,12H,4-5,8,10-11H2,1-3H3. The summed E-state index contributed by atoms with van der Waals surface area (Å²) in [6, 6.07) is 3.80. The molecule has 3 rings (SSSR count). The molecule has 128 valence electrons. The maximum absolute atomic E-state index is 12.7.